The molecule has 1 aromatic heterocycles. The largest absolute Gasteiger partial charge is 0.487 e. The molecule has 7 heteroatoms. The van der Waals surface area contributed by atoms with E-state index in [-0.39, 0.29) is 36.6 Å². The molecule has 1 aliphatic heterocycles. The minimum atomic E-state index is -0.341. The maximum atomic E-state index is 12.5. The van der Waals surface area contributed by atoms with E-state index in [1.165, 1.54) is 6.26 Å². The lowest BCUT2D eigenvalue weighted by Gasteiger charge is -2.33. The van der Waals surface area contributed by atoms with E-state index in [1.54, 1.807) is 35.2 Å². The van der Waals surface area contributed by atoms with Crippen molar-refractivity contribution in [1.29, 1.82) is 0 Å². The number of anilines is 1. The number of hydrogen-bond acceptors (Lipinski definition) is 4. The van der Waals surface area contributed by atoms with Crippen molar-refractivity contribution >= 4 is 29.1 Å². The van der Waals surface area contributed by atoms with Crippen LogP contribution in [0, 0.1) is 0 Å². The molecular weight excluding hydrogens is 332 g/mol. The number of rotatable bonds is 4. The molecule has 0 saturated heterocycles. The summed E-state index contributed by atoms with van der Waals surface area (Å²) in [5, 5.41) is 3.20. The van der Waals surface area contributed by atoms with Crippen LogP contribution in [0.1, 0.15) is 23.9 Å². The predicted molar refractivity (Wildman–Crippen MR) is 89.6 cm³/mol. The number of ether oxygens (including phenoxy) is 1. The molecule has 126 valence electrons. The molecule has 6 nitrogen and oxygen atoms in total. The van der Waals surface area contributed by atoms with Crippen LogP contribution in [0.15, 0.2) is 41.0 Å². The third-order valence-corrected chi connectivity index (χ3v) is 3.89. The second-order valence-corrected chi connectivity index (χ2v) is 5.96. The number of halogens is 1. The second-order valence-electron chi connectivity index (χ2n) is 5.53. The van der Waals surface area contributed by atoms with Gasteiger partial charge in [-0.1, -0.05) is 11.6 Å². The number of carbonyl (C=O) groups excluding carboxylic acids is 2. The molecule has 0 bridgehead atoms. The molecule has 1 aromatic carbocycles. The summed E-state index contributed by atoms with van der Waals surface area (Å²) in [7, 11) is 0. The molecule has 2 amide bonds. The summed E-state index contributed by atoms with van der Waals surface area (Å²) in [4.78, 5) is 26.0. The Bertz CT molecular complexity index is 745. The van der Waals surface area contributed by atoms with Crippen molar-refractivity contribution in [1.82, 2.24) is 5.32 Å². The van der Waals surface area contributed by atoms with Crippen LogP contribution in [0.3, 0.4) is 0 Å². The Labute approximate surface area is 144 Å². The van der Waals surface area contributed by atoms with Crippen LogP contribution < -0.4 is 15.0 Å². The molecule has 1 N–H and O–H groups in total. The second kappa shape index (κ2) is 6.97. The number of carbonyl (C=O) groups is 2. The highest BCUT2D eigenvalue weighted by Crippen LogP contribution is 2.35. The monoisotopic (exact) mass is 348 g/mol. The van der Waals surface area contributed by atoms with Crippen molar-refractivity contribution in [3.63, 3.8) is 0 Å². The zero-order valence-corrected chi connectivity index (χ0v) is 13.9. The number of nitrogens with zero attached hydrogens (tertiary/aromatic N) is 1. The molecule has 3 rings (SSSR count). The third kappa shape index (κ3) is 3.54. The van der Waals surface area contributed by atoms with E-state index >= 15 is 0 Å². The first-order valence-corrected chi connectivity index (χ1v) is 8.00. The van der Waals surface area contributed by atoms with Crippen LogP contribution in [0.4, 0.5) is 5.69 Å². The molecule has 0 unspecified atom stereocenters. The SMILES string of the molecule is C[C@H]1CN(C(=O)CCNC(=O)c2ccco2)c2cc(Cl)ccc2O1. The van der Waals surface area contributed by atoms with Crippen LogP contribution >= 0.6 is 11.6 Å². The normalized spacial score (nSPS) is 16.2. The summed E-state index contributed by atoms with van der Waals surface area (Å²) in [6.45, 7) is 2.56. The fourth-order valence-corrected chi connectivity index (χ4v) is 2.73. The minimum Gasteiger partial charge on any atom is -0.487 e. The van der Waals surface area contributed by atoms with E-state index < -0.39 is 0 Å². The van der Waals surface area contributed by atoms with E-state index in [1.807, 2.05) is 6.92 Å². The number of fused-ring (bicyclic) bond motifs is 1. The zero-order valence-electron chi connectivity index (χ0n) is 13.1. The summed E-state index contributed by atoms with van der Waals surface area (Å²) in [6.07, 6.45) is 1.49. The molecule has 2 heterocycles. The standard InChI is InChI=1S/C17H17ClN2O4/c1-11-10-20(13-9-12(18)4-5-14(13)24-11)16(21)6-7-19-17(22)15-3-2-8-23-15/h2-5,8-9,11H,6-7,10H2,1H3,(H,19,22)/t11-/m0/s1. The minimum absolute atomic E-state index is 0.103. The van der Waals surface area contributed by atoms with Crippen molar-refractivity contribution in [3.05, 3.63) is 47.4 Å². The third-order valence-electron chi connectivity index (χ3n) is 3.65. The first-order chi connectivity index (χ1) is 11.5. The van der Waals surface area contributed by atoms with Gasteiger partial charge in [0.15, 0.2) is 5.76 Å². The maximum absolute atomic E-state index is 12.5. The van der Waals surface area contributed by atoms with Gasteiger partial charge in [-0.2, -0.15) is 0 Å². The molecule has 0 fully saturated rings. The van der Waals surface area contributed by atoms with Crippen LogP contribution in [0.5, 0.6) is 5.75 Å². The van der Waals surface area contributed by atoms with E-state index in [9.17, 15) is 9.59 Å². The van der Waals surface area contributed by atoms with Gasteiger partial charge in [0.25, 0.3) is 5.91 Å². The lowest BCUT2D eigenvalue weighted by molar-refractivity contribution is -0.119. The topological polar surface area (TPSA) is 71.8 Å². The highest BCUT2D eigenvalue weighted by molar-refractivity contribution is 6.31. The molecule has 1 aliphatic rings. The molecule has 0 spiro atoms. The van der Waals surface area contributed by atoms with Gasteiger partial charge in [0.2, 0.25) is 5.91 Å². The van der Waals surface area contributed by atoms with Gasteiger partial charge in [-0.05, 0) is 37.3 Å². The Morgan fingerprint density at radius 2 is 2.21 bits per heavy atom. The Balaban J connectivity index is 1.63. The van der Waals surface area contributed by atoms with E-state index in [0.717, 1.165) is 0 Å². The molecular formula is C17H17ClN2O4. The molecule has 0 saturated carbocycles. The van der Waals surface area contributed by atoms with Crippen LogP contribution in [0.2, 0.25) is 5.02 Å². The lowest BCUT2D eigenvalue weighted by atomic mass is 10.2. The highest BCUT2D eigenvalue weighted by atomic mass is 35.5. The van der Waals surface area contributed by atoms with Crippen molar-refractivity contribution in [3.8, 4) is 5.75 Å². The lowest BCUT2D eigenvalue weighted by Crippen LogP contribution is -2.43. The van der Waals surface area contributed by atoms with Gasteiger partial charge in [-0.25, -0.2) is 0 Å². The van der Waals surface area contributed by atoms with Crippen LogP contribution in [-0.4, -0.2) is 31.0 Å². The van der Waals surface area contributed by atoms with Gasteiger partial charge in [0, 0.05) is 18.0 Å². The number of hydrogen-bond donors (Lipinski definition) is 1. The summed E-state index contributed by atoms with van der Waals surface area (Å²) in [5.41, 5.74) is 0.656. The summed E-state index contributed by atoms with van der Waals surface area (Å²) in [5.74, 6) is 0.408. The van der Waals surface area contributed by atoms with Crippen molar-refractivity contribution in [2.75, 3.05) is 18.0 Å². The van der Waals surface area contributed by atoms with Gasteiger partial charge in [-0.15, -0.1) is 0 Å². The Kier molecular flexibility index (Phi) is 4.76. The molecule has 24 heavy (non-hydrogen) atoms. The van der Waals surface area contributed by atoms with E-state index in [0.29, 0.717) is 23.0 Å². The average molecular weight is 349 g/mol. The molecule has 2 aromatic rings. The predicted octanol–water partition coefficient (Wildman–Crippen LogP) is 2.87. The fourth-order valence-electron chi connectivity index (χ4n) is 2.56. The van der Waals surface area contributed by atoms with E-state index in [2.05, 4.69) is 5.32 Å². The van der Waals surface area contributed by atoms with Gasteiger partial charge >= 0.3 is 0 Å². The Hall–Kier alpha value is -2.47. The number of amides is 2. The van der Waals surface area contributed by atoms with Crippen LogP contribution in [-0.2, 0) is 4.79 Å². The molecule has 0 radical (unpaired) electrons. The molecule has 0 aliphatic carbocycles. The first kappa shape index (κ1) is 16.4. The number of furan rings is 1. The average Bonchev–Trinajstić information content (AvgIpc) is 3.09. The smallest absolute Gasteiger partial charge is 0.286 e. The highest BCUT2D eigenvalue weighted by Gasteiger charge is 2.27. The number of nitrogens with one attached hydrogen (secondary N) is 1. The zero-order chi connectivity index (χ0) is 17.1. The van der Waals surface area contributed by atoms with Crippen molar-refractivity contribution in [2.24, 2.45) is 0 Å². The Morgan fingerprint density at radius 1 is 1.38 bits per heavy atom. The number of benzene rings is 1. The van der Waals surface area contributed by atoms with Crippen molar-refractivity contribution < 1.29 is 18.7 Å². The van der Waals surface area contributed by atoms with Gasteiger partial charge in [-0.3, -0.25) is 9.59 Å². The van der Waals surface area contributed by atoms with Crippen LogP contribution in [0.25, 0.3) is 0 Å². The van der Waals surface area contributed by atoms with Crippen molar-refractivity contribution in [2.45, 2.75) is 19.4 Å². The Morgan fingerprint density at radius 3 is 2.96 bits per heavy atom. The summed E-state index contributed by atoms with van der Waals surface area (Å²) < 4.78 is 10.7. The molecule has 1 atom stereocenters. The summed E-state index contributed by atoms with van der Waals surface area (Å²) in [6, 6.07) is 8.40. The fraction of sp³-hybridized carbons (Fsp3) is 0.294. The van der Waals surface area contributed by atoms with Gasteiger partial charge < -0.3 is 19.4 Å². The maximum Gasteiger partial charge on any atom is 0.286 e. The van der Waals surface area contributed by atoms with Gasteiger partial charge in [0.05, 0.1) is 18.5 Å². The van der Waals surface area contributed by atoms with Gasteiger partial charge in [0.1, 0.15) is 11.9 Å². The first-order valence-electron chi connectivity index (χ1n) is 7.63. The summed E-state index contributed by atoms with van der Waals surface area (Å²) >= 11 is 6.03. The van der Waals surface area contributed by atoms with E-state index in [4.69, 9.17) is 20.8 Å². The quantitative estimate of drug-likeness (QED) is 0.922.